The topological polar surface area (TPSA) is 69.7 Å². The van der Waals surface area contributed by atoms with Crippen LogP contribution in [0.2, 0.25) is 0 Å². The van der Waals surface area contributed by atoms with Gasteiger partial charge < -0.3 is 15.1 Å². The van der Waals surface area contributed by atoms with Gasteiger partial charge in [-0.3, -0.25) is 14.4 Å². The van der Waals surface area contributed by atoms with E-state index in [9.17, 15) is 14.4 Å². The van der Waals surface area contributed by atoms with Gasteiger partial charge in [0.15, 0.2) is 0 Å². The van der Waals surface area contributed by atoms with E-state index in [-0.39, 0.29) is 18.9 Å². The molecule has 2 aromatic carbocycles. The predicted molar refractivity (Wildman–Crippen MR) is 113 cm³/mol. The van der Waals surface area contributed by atoms with Crippen LogP contribution < -0.4 is 10.2 Å². The van der Waals surface area contributed by atoms with Crippen molar-refractivity contribution < 1.29 is 14.4 Å². The van der Waals surface area contributed by atoms with E-state index in [1.165, 1.54) is 5.56 Å². The fourth-order valence-electron chi connectivity index (χ4n) is 3.38. The number of carbonyl (C=O) groups is 3. The SMILES string of the molecule is Cc1ccc(CC(=O)C(=O)NCC(=O)N2CCN(c3cccc(C)c3)CC2)cc1. The van der Waals surface area contributed by atoms with Crippen LogP contribution in [0.5, 0.6) is 0 Å². The molecule has 1 heterocycles. The number of piperazine rings is 1. The molecule has 1 aliphatic rings. The Kier molecular flexibility index (Phi) is 6.65. The van der Waals surface area contributed by atoms with Gasteiger partial charge in [0.05, 0.1) is 6.54 Å². The highest BCUT2D eigenvalue weighted by Gasteiger charge is 2.22. The zero-order valence-electron chi connectivity index (χ0n) is 17.0. The fraction of sp³-hybridized carbons (Fsp3) is 0.348. The summed E-state index contributed by atoms with van der Waals surface area (Å²) in [6.07, 6.45) is 0.0372. The van der Waals surface area contributed by atoms with Crippen LogP contribution in [-0.4, -0.2) is 55.2 Å². The van der Waals surface area contributed by atoms with E-state index in [1.807, 2.05) is 37.3 Å². The van der Waals surface area contributed by atoms with Gasteiger partial charge in [0.2, 0.25) is 11.7 Å². The fourth-order valence-corrected chi connectivity index (χ4v) is 3.38. The number of Topliss-reactive ketones (excluding diaryl/α,β-unsaturated/α-hetero) is 1. The van der Waals surface area contributed by atoms with E-state index in [4.69, 9.17) is 0 Å². The van der Waals surface area contributed by atoms with Crippen LogP contribution in [-0.2, 0) is 20.8 Å². The van der Waals surface area contributed by atoms with E-state index >= 15 is 0 Å². The number of hydrogen-bond donors (Lipinski definition) is 1. The third-order valence-corrected chi connectivity index (χ3v) is 5.14. The van der Waals surface area contributed by atoms with Crippen molar-refractivity contribution in [3.63, 3.8) is 0 Å². The van der Waals surface area contributed by atoms with Crippen LogP contribution in [0.1, 0.15) is 16.7 Å². The summed E-state index contributed by atoms with van der Waals surface area (Å²) in [5, 5.41) is 2.47. The first-order chi connectivity index (χ1) is 13.9. The minimum Gasteiger partial charge on any atom is -0.368 e. The number of benzene rings is 2. The molecule has 2 aromatic rings. The summed E-state index contributed by atoms with van der Waals surface area (Å²) < 4.78 is 0. The normalized spacial score (nSPS) is 13.9. The van der Waals surface area contributed by atoms with Crippen LogP contribution in [0.4, 0.5) is 5.69 Å². The second kappa shape index (κ2) is 9.37. The highest BCUT2D eigenvalue weighted by atomic mass is 16.2. The van der Waals surface area contributed by atoms with Crippen molar-refractivity contribution in [3.8, 4) is 0 Å². The van der Waals surface area contributed by atoms with Crippen molar-refractivity contribution in [3.05, 3.63) is 65.2 Å². The maximum Gasteiger partial charge on any atom is 0.288 e. The molecular weight excluding hydrogens is 366 g/mol. The Morgan fingerprint density at radius 1 is 0.897 bits per heavy atom. The monoisotopic (exact) mass is 393 g/mol. The van der Waals surface area contributed by atoms with Gasteiger partial charge in [0.1, 0.15) is 0 Å². The van der Waals surface area contributed by atoms with Crippen molar-refractivity contribution in [1.82, 2.24) is 10.2 Å². The molecule has 6 heteroatoms. The second-order valence-electron chi connectivity index (χ2n) is 7.48. The summed E-state index contributed by atoms with van der Waals surface area (Å²) >= 11 is 0. The minimum atomic E-state index is -0.711. The molecule has 152 valence electrons. The average molecular weight is 393 g/mol. The lowest BCUT2D eigenvalue weighted by Crippen LogP contribution is -2.51. The van der Waals surface area contributed by atoms with Crippen LogP contribution >= 0.6 is 0 Å². The molecule has 3 rings (SSSR count). The van der Waals surface area contributed by atoms with Gasteiger partial charge in [-0.25, -0.2) is 0 Å². The molecule has 1 saturated heterocycles. The van der Waals surface area contributed by atoms with Crippen molar-refractivity contribution in [2.75, 3.05) is 37.6 Å². The first-order valence-electron chi connectivity index (χ1n) is 9.88. The van der Waals surface area contributed by atoms with Gasteiger partial charge >= 0.3 is 0 Å². The van der Waals surface area contributed by atoms with Gasteiger partial charge in [-0.1, -0.05) is 42.0 Å². The minimum absolute atomic E-state index is 0.0372. The number of hydrogen-bond acceptors (Lipinski definition) is 4. The first kappa shape index (κ1) is 20.6. The summed E-state index contributed by atoms with van der Waals surface area (Å²) in [5.74, 6) is -1.41. The molecule has 1 aliphatic heterocycles. The largest absolute Gasteiger partial charge is 0.368 e. The zero-order valence-corrected chi connectivity index (χ0v) is 17.0. The Labute approximate surface area is 171 Å². The molecule has 0 saturated carbocycles. The summed E-state index contributed by atoms with van der Waals surface area (Å²) in [7, 11) is 0. The van der Waals surface area contributed by atoms with Gasteiger partial charge in [0, 0.05) is 38.3 Å². The summed E-state index contributed by atoms with van der Waals surface area (Å²) in [6, 6.07) is 15.8. The first-order valence-corrected chi connectivity index (χ1v) is 9.88. The lowest BCUT2D eigenvalue weighted by Gasteiger charge is -2.36. The maximum absolute atomic E-state index is 12.4. The third kappa shape index (κ3) is 5.67. The van der Waals surface area contributed by atoms with Crippen LogP contribution in [0.3, 0.4) is 0 Å². The Balaban J connectivity index is 1.43. The van der Waals surface area contributed by atoms with Crippen molar-refractivity contribution in [1.29, 1.82) is 0 Å². The lowest BCUT2D eigenvalue weighted by molar-refractivity contribution is -0.139. The highest BCUT2D eigenvalue weighted by molar-refractivity contribution is 6.36. The number of nitrogens with zero attached hydrogens (tertiary/aromatic N) is 2. The van der Waals surface area contributed by atoms with E-state index in [0.29, 0.717) is 13.1 Å². The number of amides is 2. The number of aryl methyl sites for hydroxylation is 2. The number of ketones is 1. The van der Waals surface area contributed by atoms with Crippen molar-refractivity contribution in [2.45, 2.75) is 20.3 Å². The molecule has 1 N–H and O–H groups in total. The van der Waals surface area contributed by atoms with Crippen LogP contribution in [0.25, 0.3) is 0 Å². The molecule has 29 heavy (non-hydrogen) atoms. The molecular formula is C23H27N3O3. The number of carbonyl (C=O) groups excluding carboxylic acids is 3. The van der Waals surface area contributed by atoms with Crippen molar-refractivity contribution in [2.24, 2.45) is 0 Å². The molecule has 0 spiro atoms. The Morgan fingerprint density at radius 2 is 1.59 bits per heavy atom. The lowest BCUT2D eigenvalue weighted by atomic mass is 10.1. The number of anilines is 1. The summed E-state index contributed by atoms with van der Waals surface area (Å²) in [5.41, 5.74) is 4.25. The molecule has 0 aliphatic carbocycles. The molecule has 0 atom stereocenters. The zero-order chi connectivity index (χ0) is 20.8. The van der Waals surface area contributed by atoms with E-state index in [0.717, 1.165) is 29.9 Å². The standard InChI is InChI=1S/C23H27N3O3/c1-17-6-8-19(9-7-17)15-21(27)23(29)24-16-22(28)26-12-10-25(11-13-26)20-5-3-4-18(2)14-20/h3-9,14H,10-13,15-16H2,1-2H3,(H,24,29). The van der Waals surface area contributed by atoms with E-state index in [2.05, 4.69) is 35.3 Å². The summed E-state index contributed by atoms with van der Waals surface area (Å²) in [6.45, 7) is 6.56. The number of nitrogens with one attached hydrogen (secondary N) is 1. The van der Waals surface area contributed by atoms with Crippen LogP contribution in [0.15, 0.2) is 48.5 Å². The van der Waals surface area contributed by atoms with E-state index < -0.39 is 11.7 Å². The molecule has 0 aromatic heterocycles. The molecule has 2 amide bonds. The molecule has 1 fully saturated rings. The molecule has 0 unspecified atom stereocenters. The Bertz CT molecular complexity index is 884. The average Bonchev–Trinajstić information content (AvgIpc) is 2.73. The van der Waals surface area contributed by atoms with Gasteiger partial charge in [0.25, 0.3) is 5.91 Å². The number of rotatable bonds is 6. The Morgan fingerprint density at radius 3 is 2.24 bits per heavy atom. The second-order valence-corrected chi connectivity index (χ2v) is 7.48. The highest BCUT2D eigenvalue weighted by Crippen LogP contribution is 2.17. The maximum atomic E-state index is 12.4. The molecule has 6 nitrogen and oxygen atoms in total. The third-order valence-electron chi connectivity index (χ3n) is 5.14. The summed E-state index contributed by atoms with van der Waals surface area (Å²) in [4.78, 5) is 40.5. The van der Waals surface area contributed by atoms with Crippen molar-refractivity contribution >= 4 is 23.3 Å². The molecule has 0 radical (unpaired) electrons. The predicted octanol–water partition coefficient (Wildman–Crippen LogP) is 1.88. The Hall–Kier alpha value is -3.15. The molecule has 0 bridgehead atoms. The smallest absolute Gasteiger partial charge is 0.288 e. The van der Waals surface area contributed by atoms with E-state index in [1.54, 1.807) is 4.90 Å². The van der Waals surface area contributed by atoms with Gasteiger partial charge in [-0.05, 0) is 37.1 Å². The van der Waals surface area contributed by atoms with Gasteiger partial charge in [-0.15, -0.1) is 0 Å². The van der Waals surface area contributed by atoms with Crippen LogP contribution in [0, 0.1) is 13.8 Å². The quantitative estimate of drug-likeness (QED) is 0.761. The van der Waals surface area contributed by atoms with Gasteiger partial charge in [-0.2, -0.15) is 0 Å².